The van der Waals surface area contributed by atoms with E-state index in [4.69, 9.17) is 0 Å². The van der Waals surface area contributed by atoms with Crippen molar-refractivity contribution in [1.29, 1.82) is 0 Å². The third-order valence-electron chi connectivity index (χ3n) is 8.92. The van der Waals surface area contributed by atoms with Crippen LogP contribution in [0.15, 0.2) is 28.4 Å². The zero-order chi connectivity index (χ0) is 22.0. The molecule has 7 atom stereocenters. The van der Waals surface area contributed by atoms with E-state index in [0.29, 0.717) is 13.0 Å². The number of fused-ring (bicyclic) bond motifs is 1. The first-order valence-electron chi connectivity index (χ1n) is 11.3. The fourth-order valence-electron chi connectivity index (χ4n) is 8.03. The third kappa shape index (κ3) is 2.49. The summed E-state index contributed by atoms with van der Waals surface area (Å²) in [5.74, 6) is 7.67. The minimum atomic E-state index is -0.966. The first-order chi connectivity index (χ1) is 14.9. The quantitative estimate of drug-likeness (QED) is 0.506. The summed E-state index contributed by atoms with van der Waals surface area (Å²) in [7, 11) is 3.76. The molecule has 2 heterocycles. The van der Waals surface area contributed by atoms with Crippen molar-refractivity contribution in [3.05, 3.63) is 23.4 Å². The predicted octanol–water partition coefficient (Wildman–Crippen LogP) is 1.04. The number of nitrogens with zero attached hydrogens (tertiary/aromatic N) is 2. The van der Waals surface area contributed by atoms with E-state index < -0.39 is 12.1 Å². The highest BCUT2D eigenvalue weighted by molar-refractivity contribution is 5.90. The number of nitrogens with one attached hydrogen (secondary N) is 2. The van der Waals surface area contributed by atoms with Gasteiger partial charge in [-0.2, -0.15) is 0 Å². The van der Waals surface area contributed by atoms with Gasteiger partial charge in [0.2, 0.25) is 0 Å². The number of hydrogen-bond acceptors (Lipinski definition) is 4. The Morgan fingerprint density at radius 3 is 3.00 bits per heavy atom. The van der Waals surface area contributed by atoms with Gasteiger partial charge in [0.25, 0.3) is 0 Å². The second kappa shape index (κ2) is 7.11. The molecule has 4 N–H and O–H groups in total. The number of carboxylic acids is 1. The Morgan fingerprint density at radius 2 is 2.29 bits per heavy atom. The minimum Gasteiger partial charge on any atom is -0.478 e. The summed E-state index contributed by atoms with van der Waals surface area (Å²) in [6.45, 7) is 4.38. The molecule has 0 amide bonds. The molecule has 3 aliphatic carbocycles. The molecule has 2 saturated carbocycles. The van der Waals surface area contributed by atoms with E-state index in [0.717, 1.165) is 37.5 Å². The van der Waals surface area contributed by atoms with Crippen molar-refractivity contribution in [2.75, 3.05) is 33.7 Å². The zero-order valence-corrected chi connectivity index (χ0v) is 18.5. The molecule has 2 spiro atoms. The van der Waals surface area contributed by atoms with E-state index in [1.807, 2.05) is 7.05 Å². The van der Waals surface area contributed by atoms with Gasteiger partial charge in [0.05, 0.1) is 18.2 Å². The minimum absolute atomic E-state index is 0.218. The van der Waals surface area contributed by atoms with Gasteiger partial charge < -0.3 is 25.7 Å². The van der Waals surface area contributed by atoms with Crippen LogP contribution in [0, 0.1) is 46.3 Å². The summed E-state index contributed by atoms with van der Waals surface area (Å²) >= 11 is 0. The van der Waals surface area contributed by atoms with E-state index >= 15 is 0 Å². The molecule has 0 aromatic heterocycles. The van der Waals surface area contributed by atoms with Gasteiger partial charge in [-0.15, -0.1) is 0 Å². The van der Waals surface area contributed by atoms with Crippen molar-refractivity contribution in [3.8, 4) is 11.8 Å². The molecule has 7 nitrogen and oxygen atoms in total. The van der Waals surface area contributed by atoms with Gasteiger partial charge in [-0.3, -0.25) is 4.99 Å². The Labute approximate surface area is 183 Å². The smallest absolute Gasteiger partial charge is 0.334 e. The average Bonchev–Trinajstić information content (AvgIpc) is 3.13. The maximum Gasteiger partial charge on any atom is 0.334 e. The van der Waals surface area contributed by atoms with Crippen LogP contribution in [0.5, 0.6) is 0 Å². The summed E-state index contributed by atoms with van der Waals surface area (Å²) in [6, 6.07) is 0. The largest absolute Gasteiger partial charge is 0.478 e. The molecule has 2 aliphatic heterocycles. The number of allylic oxidation sites excluding steroid dienone is 1. The van der Waals surface area contributed by atoms with E-state index in [-0.39, 0.29) is 40.1 Å². The lowest BCUT2D eigenvalue weighted by Crippen LogP contribution is -2.63. The van der Waals surface area contributed by atoms with E-state index in [1.54, 1.807) is 7.05 Å². The van der Waals surface area contributed by atoms with Crippen molar-refractivity contribution >= 4 is 11.9 Å². The second-order valence-electron chi connectivity index (χ2n) is 9.84. The average molecular weight is 425 g/mol. The molecule has 5 aliphatic rings. The highest BCUT2D eigenvalue weighted by atomic mass is 16.4. The van der Waals surface area contributed by atoms with Crippen molar-refractivity contribution in [1.82, 2.24) is 15.5 Å². The summed E-state index contributed by atoms with van der Waals surface area (Å²) in [5, 5.41) is 27.8. The second-order valence-corrected chi connectivity index (χ2v) is 9.84. The lowest BCUT2D eigenvalue weighted by Gasteiger charge is -2.62. The van der Waals surface area contributed by atoms with Crippen molar-refractivity contribution in [3.63, 3.8) is 0 Å². The van der Waals surface area contributed by atoms with Crippen LogP contribution in [-0.4, -0.2) is 66.9 Å². The molecule has 5 rings (SSSR count). The van der Waals surface area contributed by atoms with Crippen LogP contribution in [0.4, 0.5) is 0 Å². The molecule has 0 aromatic carbocycles. The molecular weight excluding hydrogens is 392 g/mol. The summed E-state index contributed by atoms with van der Waals surface area (Å²) in [5.41, 5.74) is 0.687. The molecule has 2 fully saturated rings. The maximum absolute atomic E-state index is 12.2. The van der Waals surface area contributed by atoms with Gasteiger partial charge in [0, 0.05) is 43.1 Å². The SMILES string of the molecule is CN=C1NCC#CC2CC(C)C34CC(O)C(C(=O)O)=C3CC2C42CN1C=CC2CNC. The van der Waals surface area contributed by atoms with Crippen molar-refractivity contribution < 1.29 is 15.0 Å². The number of rotatable bonds is 3. The van der Waals surface area contributed by atoms with Gasteiger partial charge in [-0.05, 0) is 49.6 Å². The van der Waals surface area contributed by atoms with Crippen LogP contribution in [0.1, 0.15) is 26.2 Å². The molecule has 0 radical (unpaired) electrons. The molecule has 0 aromatic rings. The third-order valence-corrected chi connectivity index (χ3v) is 8.92. The Hall–Kier alpha value is -2.30. The summed E-state index contributed by atoms with van der Waals surface area (Å²) in [4.78, 5) is 18.9. The molecule has 7 heteroatoms. The molecule has 0 saturated heterocycles. The van der Waals surface area contributed by atoms with Gasteiger partial charge in [-0.25, -0.2) is 4.79 Å². The Balaban J connectivity index is 1.80. The van der Waals surface area contributed by atoms with Crippen LogP contribution in [0.25, 0.3) is 0 Å². The monoisotopic (exact) mass is 424 g/mol. The van der Waals surface area contributed by atoms with Gasteiger partial charge in [-0.1, -0.05) is 24.8 Å². The number of carboxylic acid groups (broad SMARTS) is 1. The summed E-state index contributed by atoms with van der Waals surface area (Å²) < 4.78 is 0. The van der Waals surface area contributed by atoms with E-state index in [9.17, 15) is 15.0 Å². The first kappa shape index (κ1) is 20.6. The normalized spacial score (nSPS) is 43.9. The van der Waals surface area contributed by atoms with Crippen LogP contribution in [-0.2, 0) is 4.79 Å². The number of carbonyl (C=O) groups is 1. The fourth-order valence-corrected chi connectivity index (χ4v) is 8.03. The molecule has 166 valence electrons. The number of aliphatic carboxylic acids is 1. The Morgan fingerprint density at radius 1 is 1.48 bits per heavy atom. The van der Waals surface area contributed by atoms with E-state index in [2.05, 4.69) is 51.6 Å². The van der Waals surface area contributed by atoms with Crippen molar-refractivity contribution in [2.45, 2.75) is 32.3 Å². The molecule has 31 heavy (non-hydrogen) atoms. The molecular formula is C24H32N4O3. The van der Waals surface area contributed by atoms with Crippen molar-refractivity contribution in [2.24, 2.45) is 39.5 Å². The number of guanidine groups is 1. The van der Waals surface area contributed by atoms with Gasteiger partial charge >= 0.3 is 5.97 Å². The predicted molar refractivity (Wildman–Crippen MR) is 118 cm³/mol. The standard InChI is InChI=1S/C24H32N4O3/c1-14-9-15-5-4-7-27-22(26-3)28-8-6-16(12-25-2)24(13-28)17(15)10-18-20(21(30)31)19(29)11-23(14,18)24/h6,8,14-17,19,25,29H,7,9-13H2,1-3H3,(H,26,27)(H,30,31). The maximum atomic E-state index is 12.2. The van der Waals surface area contributed by atoms with Gasteiger partial charge in [0.1, 0.15) is 0 Å². The van der Waals surface area contributed by atoms with Crippen LogP contribution < -0.4 is 10.6 Å². The van der Waals surface area contributed by atoms with Gasteiger partial charge in [0.15, 0.2) is 5.96 Å². The topological polar surface area (TPSA) is 97.2 Å². The number of hydrogen-bond donors (Lipinski definition) is 4. The lowest BCUT2D eigenvalue weighted by molar-refractivity contribution is -0.134. The fraction of sp³-hybridized carbons (Fsp3) is 0.667. The lowest BCUT2D eigenvalue weighted by atomic mass is 9.44. The molecule has 5 bridgehead atoms. The summed E-state index contributed by atoms with van der Waals surface area (Å²) in [6.07, 6.45) is 5.66. The number of aliphatic hydroxyl groups excluding tert-OH is 1. The molecule has 7 unspecified atom stereocenters. The van der Waals surface area contributed by atoms with Crippen LogP contribution in [0.2, 0.25) is 0 Å². The first-order valence-corrected chi connectivity index (χ1v) is 11.3. The zero-order valence-electron chi connectivity index (χ0n) is 18.5. The van der Waals surface area contributed by atoms with Crippen LogP contribution >= 0.6 is 0 Å². The highest BCUT2D eigenvalue weighted by Gasteiger charge is 2.74. The van der Waals surface area contributed by atoms with Crippen LogP contribution in [0.3, 0.4) is 0 Å². The highest BCUT2D eigenvalue weighted by Crippen LogP contribution is 2.76. The Bertz CT molecular complexity index is 960. The Kier molecular flexibility index (Phi) is 4.72. The number of aliphatic hydroxyl groups is 1. The number of aliphatic imine (C=N–C) groups is 1. The van der Waals surface area contributed by atoms with E-state index in [1.165, 1.54) is 0 Å².